The van der Waals surface area contributed by atoms with Gasteiger partial charge in [-0.25, -0.2) is 4.98 Å². The van der Waals surface area contributed by atoms with E-state index < -0.39 is 0 Å². The summed E-state index contributed by atoms with van der Waals surface area (Å²) in [7, 11) is 1.72. The Balaban J connectivity index is 1.81. The maximum Gasteiger partial charge on any atom is 0.128 e. The Bertz CT molecular complexity index is 968. The molecule has 2 aromatic carbocycles. The van der Waals surface area contributed by atoms with E-state index in [1.54, 1.807) is 7.11 Å². The van der Waals surface area contributed by atoms with Gasteiger partial charge in [-0.15, -0.1) is 0 Å². The molecule has 0 saturated heterocycles. The van der Waals surface area contributed by atoms with Gasteiger partial charge in [-0.2, -0.15) is 0 Å². The fourth-order valence-corrected chi connectivity index (χ4v) is 4.41. The lowest BCUT2D eigenvalue weighted by Gasteiger charge is -2.18. The average Bonchev–Trinajstić information content (AvgIpc) is 2.82. The molecule has 4 rings (SSSR count). The number of hydrogen-bond acceptors (Lipinski definition) is 3. The maximum atomic E-state index is 6.12. The zero-order valence-electron chi connectivity index (χ0n) is 18.6. The number of benzene rings is 2. The zero-order valence-corrected chi connectivity index (χ0v) is 18.6. The van der Waals surface area contributed by atoms with Crippen molar-refractivity contribution < 1.29 is 9.47 Å². The van der Waals surface area contributed by atoms with Crippen molar-refractivity contribution in [2.75, 3.05) is 13.7 Å². The van der Waals surface area contributed by atoms with Gasteiger partial charge in [0, 0.05) is 23.3 Å². The van der Waals surface area contributed by atoms with E-state index in [0.29, 0.717) is 6.61 Å². The number of para-hydroxylation sites is 1. The second-order valence-electron chi connectivity index (χ2n) is 8.35. The van der Waals surface area contributed by atoms with Gasteiger partial charge in [0.2, 0.25) is 0 Å². The monoisotopic (exact) mass is 415 g/mol. The van der Waals surface area contributed by atoms with E-state index in [1.807, 2.05) is 18.2 Å². The minimum atomic E-state index is 0.586. The van der Waals surface area contributed by atoms with Crippen LogP contribution in [0.2, 0.25) is 0 Å². The molecule has 3 nitrogen and oxygen atoms in total. The molecule has 0 fully saturated rings. The standard InChI is InChI=1S/C28H33NO2/c1-30-26-18-12-11-17-25(26)28-24-20-23(27(29-28)22-14-9-7-10-15-22)16-8-5-3-2-4-6-13-19-31-21-24/h7,9-12,14-15,17-18,20H,2-6,8,13,16,19,21H2,1H3. The highest BCUT2D eigenvalue weighted by atomic mass is 16.5. The molecule has 0 aliphatic carbocycles. The van der Waals surface area contributed by atoms with Crippen LogP contribution in [-0.4, -0.2) is 18.7 Å². The second-order valence-corrected chi connectivity index (χ2v) is 8.35. The molecule has 2 bridgehead atoms. The van der Waals surface area contributed by atoms with E-state index in [-0.39, 0.29) is 0 Å². The van der Waals surface area contributed by atoms with Crippen LogP contribution in [0.5, 0.6) is 5.75 Å². The van der Waals surface area contributed by atoms with Crippen LogP contribution in [0.3, 0.4) is 0 Å². The van der Waals surface area contributed by atoms with E-state index in [4.69, 9.17) is 14.5 Å². The van der Waals surface area contributed by atoms with Crippen molar-refractivity contribution >= 4 is 0 Å². The maximum absolute atomic E-state index is 6.12. The Kier molecular flexibility index (Phi) is 7.73. The molecule has 0 amide bonds. The molecule has 162 valence electrons. The summed E-state index contributed by atoms with van der Waals surface area (Å²) < 4.78 is 11.8. The van der Waals surface area contributed by atoms with Crippen LogP contribution in [-0.2, 0) is 17.8 Å². The first-order chi connectivity index (χ1) is 15.4. The Morgan fingerprint density at radius 3 is 2.26 bits per heavy atom. The van der Waals surface area contributed by atoms with Crippen LogP contribution in [0.1, 0.15) is 56.1 Å². The number of nitrogens with zero attached hydrogens (tertiary/aromatic N) is 1. The third-order valence-electron chi connectivity index (χ3n) is 6.08. The highest BCUT2D eigenvalue weighted by Crippen LogP contribution is 2.35. The first kappa shape index (κ1) is 21.6. The highest BCUT2D eigenvalue weighted by Gasteiger charge is 2.17. The lowest BCUT2D eigenvalue weighted by molar-refractivity contribution is 0.116. The van der Waals surface area contributed by atoms with E-state index in [2.05, 4.69) is 42.5 Å². The van der Waals surface area contributed by atoms with Crippen molar-refractivity contribution in [3.63, 3.8) is 0 Å². The number of methoxy groups -OCH3 is 1. The Morgan fingerprint density at radius 1 is 0.742 bits per heavy atom. The molecule has 3 heteroatoms. The van der Waals surface area contributed by atoms with Gasteiger partial charge in [-0.3, -0.25) is 0 Å². The van der Waals surface area contributed by atoms with Crippen molar-refractivity contribution in [1.29, 1.82) is 0 Å². The van der Waals surface area contributed by atoms with E-state index in [9.17, 15) is 0 Å². The van der Waals surface area contributed by atoms with Gasteiger partial charge < -0.3 is 9.47 Å². The third kappa shape index (κ3) is 5.54. The quantitative estimate of drug-likeness (QED) is 0.452. The molecule has 1 aromatic heterocycles. The molecule has 31 heavy (non-hydrogen) atoms. The molecule has 3 aromatic rings. The zero-order chi connectivity index (χ0) is 21.3. The molecule has 1 aliphatic heterocycles. The number of aromatic nitrogens is 1. The molecular formula is C28H33NO2. The summed E-state index contributed by atoms with van der Waals surface area (Å²) in [6.07, 6.45) is 9.91. The molecule has 1 aliphatic rings. The van der Waals surface area contributed by atoms with Crippen molar-refractivity contribution in [2.45, 2.75) is 58.0 Å². The van der Waals surface area contributed by atoms with Crippen molar-refractivity contribution in [1.82, 2.24) is 4.98 Å². The summed E-state index contributed by atoms with van der Waals surface area (Å²) in [6.45, 7) is 1.39. The van der Waals surface area contributed by atoms with Crippen LogP contribution in [0.25, 0.3) is 22.5 Å². The van der Waals surface area contributed by atoms with Gasteiger partial charge in [0.05, 0.1) is 25.1 Å². The van der Waals surface area contributed by atoms with Gasteiger partial charge >= 0.3 is 0 Å². The molecule has 0 N–H and O–H groups in total. The predicted octanol–water partition coefficient (Wildman–Crippen LogP) is 7.23. The normalized spacial score (nSPS) is 15.8. The van der Waals surface area contributed by atoms with Crippen LogP contribution in [0, 0.1) is 0 Å². The Hall–Kier alpha value is -2.65. The summed E-state index contributed by atoms with van der Waals surface area (Å²) >= 11 is 0. The molecule has 2 heterocycles. The van der Waals surface area contributed by atoms with E-state index in [1.165, 1.54) is 49.7 Å². The lowest BCUT2D eigenvalue weighted by atomic mass is 9.95. The van der Waals surface area contributed by atoms with Gasteiger partial charge in [0.25, 0.3) is 0 Å². The SMILES string of the molecule is COc1ccccc1-c1nc(-c2ccccc2)c2cc1COCCCCCCCCC2. The van der Waals surface area contributed by atoms with Gasteiger partial charge in [0.15, 0.2) is 0 Å². The minimum Gasteiger partial charge on any atom is -0.496 e. The first-order valence-electron chi connectivity index (χ1n) is 11.7. The Labute approximate surface area is 186 Å². The summed E-state index contributed by atoms with van der Waals surface area (Å²) in [4.78, 5) is 5.25. The number of rotatable bonds is 3. The predicted molar refractivity (Wildman–Crippen MR) is 127 cm³/mol. The largest absolute Gasteiger partial charge is 0.496 e. The summed E-state index contributed by atoms with van der Waals surface area (Å²) in [5.74, 6) is 0.845. The fraction of sp³-hybridized carbons (Fsp3) is 0.393. The molecule has 0 radical (unpaired) electrons. The fourth-order valence-electron chi connectivity index (χ4n) is 4.41. The van der Waals surface area contributed by atoms with Gasteiger partial charge in [-0.1, -0.05) is 74.6 Å². The number of fused-ring (bicyclic) bond motifs is 2. The van der Waals surface area contributed by atoms with Crippen molar-refractivity contribution in [3.05, 3.63) is 71.8 Å². The molecule has 0 unspecified atom stereocenters. The lowest BCUT2D eigenvalue weighted by Crippen LogP contribution is -2.05. The third-order valence-corrected chi connectivity index (χ3v) is 6.08. The first-order valence-corrected chi connectivity index (χ1v) is 11.7. The minimum absolute atomic E-state index is 0.586. The van der Waals surface area contributed by atoms with E-state index >= 15 is 0 Å². The van der Waals surface area contributed by atoms with Gasteiger partial charge in [-0.05, 0) is 43.0 Å². The molecule has 0 spiro atoms. The van der Waals surface area contributed by atoms with E-state index in [0.717, 1.165) is 47.7 Å². The summed E-state index contributed by atoms with van der Waals surface area (Å²) in [5.41, 5.74) is 6.71. The topological polar surface area (TPSA) is 31.4 Å². The number of pyridine rings is 1. The average molecular weight is 416 g/mol. The van der Waals surface area contributed by atoms with Crippen LogP contribution >= 0.6 is 0 Å². The van der Waals surface area contributed by atoms with Crippen LogP contribution < -0.4 is 4.74 Å². The van der Waals surface area contributed by atoms with Crippen molar-refractivity contribution in [3.8, 4) is 28.3 Å². The van der Waals surface area contributed by atoms with Crippen LogP contribution in [0.15, 0.2) is 60.7 Å². The summed E-state index contributed by atoms with van der Waals surface area (Å²) in [5, 5.41) is 0. The highest BCUT2D eigenvalue weighted by molar-refractivity contribution is 5.75. The molecule has 0 saturated carbocycles. The summed E-state index contributed by atoms with van der Waals surface area (Å²) in [6, 6.07) is 21.0. The second kappa shape index (κ2) is 11.1. The molecular weight excluding hydrogens is 382 g/mol. The number of ether oxygens (including phenoxy) is 2. The molecule has 0 atom stereocenters. The smallest absolute Gasteiger partial charge is 0.128 e. The Morgan fingerprint density at radius 2 is 1.45 bits per heavy atom. The van der Waals surface area contributed by atoms with Crippen LogP contribution in [0.4, 0.5) is 0 Å². The van der Waals surface area contributed by atoms with Crippen molar-refractivity contribution in [2.24, 2.45) is 0 Å². The number of hydrogen-bond donors (Lipinski definition) is 0. The van der Waals surface area contributed by atoms with Gasteiger partial charge in [0.1, 0.15) is 5.75 Å². The number of aryl methyl sites for hydroxylation is 1.